The molecule has 1 amide bonds. The molecule has 4 aromatic rings. The summed E-state index contributed by atoms with van der Waals surface area (Å²) in [5.41, 5.74) is 1.46. The van der Waals surface area contributed by atoms with Crippen LogP contribution < -0.4 is 4.90 Å². The molecule has 0 radical (unpaired) electrons. The van der Waals surface area contributed by atoms with Crippen LogP contribution in [0, 0.1) is 17.1 Å². The van der Waals surface area contributed by atoms with E-state index in [1.54, 1.807) is 36.4 Å². The number of nitrogens with zero attached hydrogens (tertiary/aromatic N) is 2. The molecular weight excluding hydrogens is 503 g/mol. The van der Waals surface area contributed by atoms with Crippen molar-refractivity contribution in [1.29, 1.82) is 5.26 Å². The average Bonchev–Trinajstić information content (AvgIpc) is 3.38. The number of aliphatic hydroxyl groups excluding tert-OH is 1. The topological polar surface area (TPSA) is 94.5 Å². The van der Waals surface area contributed by atoms with Gasteiger partial charge in [0, 0.05) is 15.5 Å². The number of hydrogen-bond donors (Lipinski definition) is 1. The highest BCUT2D eigenvalue weighted by atomic mass is 79.9. The van der Waals surface area contributed by atoms with Gasteiger partial charge in [0.05, 0.1) is 23.2 Å². The lowest BCUT2D eigenvalue weighted by molar-refractivity contribution is -0.117. The van der Waals surface area contributed by atoms with Crippen LogP contribution in [0.3, 0.4) is 0 Å². The lowest BCUT2D eigenvalue weighted by atomic mass is 9.94. The first-order valence-corrected chi connectivity index (χ1v) is 10.9. The second-order valence-electron chi connectivity index (χ2n) is 7.67. The van der Waals surface area contributed by atoms with Gasteiger partial charge in [0.2, 0.25) is 5.78 Å². The van der Waals surface area contributed by atoms with Crippen molar-refractivity contribution < 1.29 is 23.5 Å². The molecule has 5 rings (SSSR count). The molecule has 0 saturated carbocycles. The lowest BCUT2D eigenvalue weighted by Crippen LogP contribution is -2.31. The normalized spacial score (nSPS) is 15.7. The smallest absolute Gasteiger partial charge is 0.294 e. The first kappa shape index (κ1) is 21.6. The van der Waals surface area contributed by atoms with E-state index in [-0.39, 0.29) is 11.3 Å². The zero-order valence-corrected chi connectivity index (χ0v) is 18.9. The number of nitriles is 1. The van der Waals surface area contributed by atoms with Gasteiger partial charge in [-0.3, -0.25) is 14.5 Å². The number of fused-ring (bicyclic) bond motifs is 1. The highest BCUT2D eigenvalue weighted by Crippen LogP contribution is 2.42. The minimum Gasteiger partial charge on any atom is -0.503 e. The van der Waals surface area contributed by atoms with Gasteiger partial charge in [-0.1, -0.05) is 28.1 Å². The van der Waals surface area contributed by atoms with E-state index in [4.69, 9.17) is 9.68 Å². The van der Waals surface area contributed by atoms with Gasteiger partial charge in [-0.25, -0.2) is 4.39 Å². The second kappa shape index (κ2) is 8.28. The number of ketones is 1. The van der Waals surface area contributed by atoms with Crippen molar-refractivity contribution in [2.75, 3.05) is 4.90 Å². The Morgan fingerprint density at radius 3 is 2.44 bits per heavy atom. The van der Waals surface area contributed by atoms with E-state index < -0.39 is 29.3 Å². The SMILES string of the molecule is N#Cc1ccc(N2C(=O)C(O)=C(C(=O)c3cc4cc(Br)ccc4o3)C2c2ccc(F)cc2)cc1. The fourth-order valence-corrected chi connectivity index (χ4v) is 4.40. The van der Waals surface area contributed by atoms with E-state index in [0.717, 1.165) is 4.47 Å². The van der Waals surface area contributed by atoms with E-state index in [2.05, 4.69) is 15.9 Å². The molecule has 0 bridgehead atoms. The molecule has 166 valence electrons. The van der Waals surface area contributed by atoms with Crippen molar-refractivity contribution in [1.82, 2.24) is 0 Å². The van der Waals surface area contributed by atoms with Gasteiger partial charge in [-0.05, 0) is 66.2 Å². The third kappa shape index (κ3) is 3.56. The number of hydrogen-bond acceptors (Lipinski definition) is 5. The van der Waals surface area contributed by atoms with Crippen LogP contribution in [0.25, 0.3) is 11.0 Å². The van der Waals surface area contributed by atoms with Crippen LogP contribution in [-0.2, 0) is 4.79 Å². The van der Waals surface area contributed by atoms with Gasteiger partial charge >= 0.3 is 0 Å². The van der Waals surface area contributed by atoms with Crippen LogP contribution in [0.15, 0.2) is 93.0 Å². The molecule has 2 heterocycles. The maximum Gasteiger partial charge on any atom is 0.294 e. The number of halogens is 2. The van der Waals surface area contributed by atoms with Gasteiger partial charge in [0.15, 0.2) is 11.5 Å². The molecule has 3 aromatic carbocycles. The van der Waals surface area contributed by atoms with Crippen LogP contribution in [-0.4, -0.2) is 16.8 Å². The van der Waals surface area contributed by atoms with Gasteiger partial charge in [-0.15, -0.1) is 0 Å². The van der Waals surface area contributed by atoms with E-state index in [0.29, 0.717) is 27.8 Å². The first-order valence-electron chi connectivity index (χ1n) is 10.1. The summed E-state index contributed by atoms with van der Waals surface area (Å²) < 4.78 is 20.2. The van der Waals surface area contributed by atoms with Crippen molar-refractivity contribution in [3.8, 4) is 6.07 Å². The first-order chi connectivity index (χ1) is 16.4. The molecule has 0 fully saturated rings. The maximum absolute atomic E-state index is 13.6. The van der Waals surface area contributed by atoms with Crippen LogP contribution in [0.5, 0.6) is 0 Å². The molecule has 8 heteroatoms. The molecule has 34 heavy (non-hydrogen) atoms. The van der Waals surface area contributed by atoms with E-state index >= 15 is 0 Å². The number of furan rings is 1. The summed E-state index contributed by atoms with van der Waals surface area (Å²) >= 11 is 3.37. The van der Waals surface area contributed by atoms with Crippen molar-refractivity contribution in [3.63, 3.8) is 0 Å². The van der Waals surface area contributed by atoms with E-state index in [9.17, 15) is 19.1 Å². The van der Waals surface area contributed by atoms with Crippen molar-refractivity contribution in [3.05, 3.63) is 111 Å². The van der Waals surface area contributed by atoms with Crippen LogP contribution in [0.4, 0.5) is 10.1 Å². The summed E-state index contributed by atoms with van der Waals surface area (Å²) in [5, 5.41) is 20.6. The fraction of sp³-hybridized carbons (Fsp3) is 0.0385. The summed E-state index contributed by atoms with van der Waals surface area (Å²) in [7, 11) is 0. The predicted molar refractivity (Wildman–Crippen MR) is 126 cm³/mol. The Morgan fingerprint density at radius 2 is 1.76 bits per heavy atom. The molecule has 0 spiro atoms. The van der Waals surface area contributed by atoms with Crippen LogP contribution in [0.2, 0.25) is 0 Å². The lowest BCUT2D eigenvalue weighted by Gasteiger charge is -2.26. The zero-order valence-electron chi connectivity index (χ0n) is 17.3. The van der Waals surface area contributed by atoms with E-state index in [1.165, 1.54) is 41.3 Å². The quantitative estimate of drug-likeness (QED) is 0.336. The highest BCUT2D eigenvalue weighted by molar-refractivity contribution is 9.10. The third-order valence-electron chi connectivity index (χ3n) is 5.62. The predicted octanol–water partition coefficient (Wildman–Crippen LogP) is 5.99. The van der Waals surface area contributed by atoms with Crippen molar-refractivity contribution in [2.24, 2.45) is 0 Å². The number of aliphatic hydroxyl groups is 1. The number of benzene rings is 3. The van der Waals surface area contributed by atoms with Gasteiger partial charge in [0.1, 0.15) is 11.4 Å². The molecule has 1 aromatic heterocycles. The number of amides is 1. The number of carbonyl (C=O) groups excluding carboxylic acids is 2. The standard InChI is InChI=1S/C26H14BrFN2O4/c27-17-5-10-20-16(11-17)12-21(34-20)24(31)22-23(15-3-6-18(28)7-4-15)30(26(33)25(22)32)19-8-1-14(13-29)2-9-19/h1-12,23,32H. The Morgan fingerprint density at radius 1 is 1.06 bits per heavy atom. The largest absolute Gasteiger partial charge is 0.503 e. The number of carbonyl (C=O) groups is 2. The summed E-state index contributed by atoms with van der Waals surface area (Å²) in [6, 6.07) is 19.2. The van der Waals surface area contributed by atoms with Crippen LogP contribution >= 0.6 is 15.9 Å². The Labute approximate surface area is 201 Å². The minimum absolute atomic E-state index is 0.0451. The molecule has 1 atom stereocenters. The van der Waals surface area contributed by atoms with Crippen molar-refractivity contribution in [2.45, 2.75) is 6.04 Å². The molecule has 1 aliphatic rings. The summed E-state index contributed by atoms with van der Waals surface area (Å²) in [6.07, 6.45) is 0. The van der Waals surface area contributed by atoms with Gasteiger partial charge < -0.3 is 9.52 Å². The molecular formula is C26H14BrFN2O4. The Hall–Kier alpha value is -4.22. The third-order valence-corrected chi connectivity index (χ3v) is 6.11. The zero-order chi connectivity index (χ0) is 24.0. The summed E-state index contributed by atoms with van der Waals surface area (Å²) in [4.78, 5) is 28.0. The van der Waals surface area contributed by atoms with E-state index in [1.807, 2.05) is 6.07 Å². The fourth-order valence-electron chi connectivity index (χ4n) is 4.02. The second-order valence-corrected chi connectivity index (χ2v) is 8.59. The highest BCUT2D eigenvalue weighted by Gasteiger charge is 2.45. The molecule has 1 unspecified atom stereocenters. The summed E-state index contributed by atoms with van der Waals surface area (Å²) in [5.74, 6) is -2.70. The van der Waals surface area contributed by atoms with Crippen LogP contribution in [0.1, 0.15) is 27.7 Å². The molecule has 1 N–H and O–H groups in total. The number of anilines is 1. The number of rotatable bonds is 4. The summed E-state index contributed by atoms with van der Waals surface area (Å²) in [6.45, 7) is 0. The van der Waals surface area contributed by atoms with Crippen molar-refractivity contribution >= 4 is 44.3 Å². The minimum atomic E-state index is -1.03. The molecule has 6 nitrogen and oxygen atoms in total. The molecule has 1 aliphatic heterocycles. The molecule has 0 saturated heterocycles. The molecule has 0 aliphatic carbocycles. The van der Waals surface area contributed by atoms with Gasteiger partial charge in [0.25, 0.3) is 5.91 Å². The Kier molecular flexibility index (Phi) is 5.27. The maximum atomic E-state index is 13.6. The monoisotopic (exact) mass is 516 g/mol. The number of Topliss-reactive ketones (excluding diaryl/α,β-unsaturated/α-hetero) is 1. The van der Waals surface area contributed by atoms with Gasteiger partial charge in [-0.2, -0.15) is 5.26 Å². The average molecular weight is 517 g/mol. The Balaban J connectivity index is 1.65. The Bertz CT molecular complexity index is 1530.